The second-order valence-corrected chi connectivity index (χ2v) is 8.32. The number of nitrogens with zero attached hydrogens (tertiary/aromatic N) is 6. The van der Waals surface area contributed by atoms with Crippen molar-refractivity contribution in [3.8, 4) is 17.1 Å². The van der Waals surface area contributed by atoms with Crippen LogP contribution in [0.4, 0.5) is 5.69 Å². The third-order valence-electron chi connectivity index (χ3n) is 5.73. The van der Waals surface area contributed by atoms with Crippen LogP contribution in [0.15, 0.2) is 84.9 Å². The van der Waals surface area contributed by atoms with Crippen molar-refractivity contribution < 1.29 is 22.0 Å². The molecule has 3 aromatic carbocycles. The van der Waals surface area contributed by atoms with Gasteiger partial charge in [-0.25, -0.2) is 0 Å². The molecule has 2 heterocycles. The Morgan fingerprint density at radius 2 is 1.47 bits per heavy atom. The lowest BCUT2D eigenvalue weighted by atomic mass is 10.2. The molecule has 0 radical (unpaired) electrons. The molecule has 1 aromatic heterocycles. The summed E-state index contributed by atoms with van der Waals surface area (Å²) >= 11 is 6.43. The van der Waals surface area contributed by atoms with Crippen LogP contribution >= 0.6 is 11.6 Å². The number of aromatic nitrogens is 4. The molecule has 174 valence electrons. The Labute approximate surface area is 209 Å². The molecule has 1 saturated heterocycles. The van der Waals surface area contributed by atoms with Gasteiger partial charge in [0.1, 0.15) is 0 Å². The Hall–Kier alpha value is -3.26. The van der Waals surface area contributed by atoms with Crippen LogP contribution in [0.1, 0.15) is 4.79 Å². The third-order valence-corrected chi connectivity index (χ3v) is 6.05. The van der Waals surface area contributed by atoms with Gasteiger partial charge >= 0.3 is 11.7 Å². The van der Waals surface area contributed by atoms with Crippen molar-refractivity contribution in [2.45, 2.75) is 0 Å². The molecule has 1 aliphatic rings. The fourth-order valence-electron chi connectivity index (χ4n) is 3.98. The highest BCUT2D eigenvalue weighted by atomic mass is 35.5. The van der Waals surface area contributed by atoms with Crippen molar-refractivity contribution in [1.29, 1.82) is 0 Å². The molecular formula is C25H24Cl2N6O. The maximum Gasteiger partial charge on any atom is 0.340 e. The van der Waals surface area contributed by atoms with Crippen molar-refractivity contribution in [1.82, 2.24) is 19.9 Å². The molecule has 0 saturated carbocycles. The third kappa shape index (κ3) is 5.12. The standard InChI is InChI=1S/C25H24ClN6O.ClH/c26-22-13-7-8-14-23(22)31-27-25(20-9-3-1-4-10-20)28-32(31)24(33)19-29-15-17-30(18-16-29)21-11-5-2-6-12-21;/h1-14H,15-19H2;1H/q+1;/p-1. The number of carbonyl (C=O) groups is 1. The predicted octanol–water partition coefficient (Wildman–Crippen LogP) is 0.342. The zero-order valence-electron chi connectivity index (χ0n) is 18.5. The van der Waals surface area contributed by atoms with E-state index in [1.165, 1.54) is 15.3 Å². The van der Waals surface area contributed by atoms with Crippen LogP contribution in [0.5, 0.6) is 0 Å². The lowest BCUT2D eigenvalue weighted by Gasteiger charge is -2.35. The molecule has 5 rings (SSSR count). The zero-order chi connectivity index (χ0) is 22.6. The number of carbonyl (C=O) groups excluding carboxylic acids is 1. The normalized spacial score (nSPS) is 14.0. The van der Waals surface area contributed by atoms with Crippen molar-refractivity contribution in [2.24, 2.45) is 0 Å². The molecule has 0 spiro atoms. The van der Waals surface area contributed by atoms with Crippen LogP contribution < -0.4 is 22.1 Å². The maximum atomic E-state index is 13.4. The van der Waals surface area contributed by atoms with E-state index in [2.05, 4.69) is 32.1 Å². The number of halogens is 2. The summed E-state index contributed by atoms with van der Waals surface area (Å²) in [6.07, 6.45) is 0. The molecule has 0 amide bonds. The van der Waals surface area contributed by atoms with Crippen molar-refractivity contribution in [3.05, 3.63) is 90.0 Å². The van der Waals surface area contributed by atoms with Gasteiger partial charge < -0.3 is 17.3 Å². The molecule has 0 N–H and O–H groups in total. The summed E-state index contributed by atoms with van der Waals surface area (Å²) in [5.41, 5.74) is 2.65. The minimum Gasteiger partial charge on any atom is -1.00 e. The average molecular weight is 495 g/mol. The summed E-state index contributed by atoms with van der Waals surface area (Å²) in [5, 5.41) is 9.66. The van der Waals surface area contributed by atoms with E-state index < -0.39 is 0 Å². The first-order chi connectivity index (χ1) is 16.2. The van der Waals surface area contributed by atoms with Crippen molar-refractivity contribution in [2.75, 3.05) is 37.6 Å². The van der Waals surface area contributed by atoms with Gasteiger partial charge in [-0.1, -0.05) is 60.1 Å². The van der Waals surface area contributed by atoms with Crippen molar-refractivity contribution in [3.63, 3.8) is 0 Å². The number of hydrogen-bond acceptors (Lipinski definition) is 5. The molecule has 7 nitrogen and oxygen atoms in total. The first kappa shape index (κ1) is 23.9. The number of hydrogen-bond donors (Lipinski definition) is 0. The SMILES string of the molecule is O=C(CN1CCN(c2ccccc2)CC1)n1nc(-c2ccccc2)n[n+]1-c1ccccc1Cl.[Cl-]. The minimum absolute atomic E-state index is 0. The lowest BCUT2D eigenvalue weighted by Crippen LogP contribution is -3.00. The molecule has 4 aromatic rings. The van der Waals surface area contributed by atoms with E-state index >= 15 is 0 Å². The van der Waals surface area contributed by atoms with Gasteiger partial charge in [-0.3, -0.25) is 9.69 Å². The highest BCUT2D eigenvalue weighted by Crippen LogP contribution is 2.18. The second-order valence-electron chi connectivity index (χ2n) is 7.91. The van der Waals surface area contributed by atoms with Gasteiger partial charge in [0, 0.05) is 31.9 Å². The molecule has 1 fully saturated rings. The van der Waals surface area contributed by atoms with Crippen LogP contribution in [0.3, 0.4) is 0 Å². The van der Waals surface area contributed by atoms with Crippen LogP contribution in [0, 0.1) is 0 Å². The van der Waals surface area contributed by atoms with E-state index in [0.29, 0.717) is 16.5 Å². The van der Waals surface area contributed by atoms with Gasteiger partial charge in [-0.05, 0) is 46.3 Å². The summed E-state index contributed by atoms with van der Waals surface area (Å²) in [4.78, 5) is 20.7. The highest BCUT2D eigenvalue weighted by molar-refractivity contribution is 6.32. The Morgan fingerprint density at radius 1 is 0.853 bits per heavy atom. The fraction of sp³-hybridized carbons (Fsp3) is 0.200. The minimum atomic E-state index is -0.155. The number of benzene rings is 3. The first-order valence-corrected chi connectivity index (χ1v) is 11.3. The van der Waals surface area contributed by atoms with Crippen LogP contribution in [-0.2, 0) is 0 Å². The average Bonchev–Trinajstić information content (AvgIpc) is 3.31. The van der Waals surface area contributed by atoms with Gasteiger partial charge in [0.2, 0.25) is 0 Å². The largest absolute Gasteiger partial charge is 1.00 e. The molecular weight excluding hydrogens is 471 g/mol. The number of tetrazole rings is 1. The lowest BCUT2D eigenvalue weighted by molar-refractivity contribution is -0.732. The quantitative estimate of drug-likeness (QED) is 0.374. The number of anilines is 1. The Kier molecular flexibility index (Phi) is 7.57. The van der Waals surface area contributed by atoms with Crippen LogP contribution in [0.2, 0.25) is 5.02 Å². The van der Waals surface area contributed by atoms with E-state index in [-0.39, 0.29) is 24.9 Å². The van der Waals surface area contributed by atoms with Crippen molar-refractivity contribution >= 4 is 23.2 Å². The summed E-state index contributed by atoms with van der Waals surface area (Å²) in [6, 6.07) is 27.3. The van der Waals surface area contributed by atoms with E-state index in [1.54, 1.807) is 6.07 Å². The molecule has 0 atom stereocenters. The number of rotatable bonds is 5. The molecule has 34 heavy (non-hydrogen) atoms. The number of para-hydroxylation sites is 2. The first-order valence-electron chi connectivity index (χ1n) is 10.9. The van der Waals surface area contributed by atoms with Gasteiger partial charge in [-0.2, -0.15) is 0 Å². The summed E-state index contributed by atoms with van der Waals surface area (Å²) in [6.45, 7) is 3.59. The Balaban J connectivity index is 0.00000274. The summed E-state index contributed by atoms with van der Waals surface area (Å²) < 4.78 is 0. The summed E-state index contributed by atoms with van der Waals surface area (Å²) in [5.74, 6) is 0.315. The Bertz CT molecular complexity index is 1240. The van der Waals surface area contributed by atoms with Crippen LogP contribution in [-0.4, -0.2) is 58.5 Å². The molecule has 0 unspecified atom stereocenters. The van der Waals surface area contributed by atoms with E-state index in [1.807, 2.05) is 66.7 Å². The van der Waals surface area contributed by atoms with E-state index in [4.69, 9.17) is 11.6 Å². The maximum absolute atomic E-state index is 13.4. The topological polar surface area (TPSA) is 58.1 Å². The molecule has 0 bridgehead atoms. The highest BCUT2D eigenvalue weighted by Gasteiger charge is 2.30. The van der Waals surface area contributed by atoms with Gasteiger partial charge in [-0.15, -0.1) is 0 Å². The smallest absolute Gasteiger partial charge is 0.340 e. The van der Waals surface area contributed by atoms with Gasteiger partial charge in [0.05, 0.1) is 27.0 Å². The van der Waals surface area contributed by atoms with Gasteiger partial charge in [0.25, 0.3) is 0 Å². The molecule has 9 heteroatoms. The number of piperazine rings is 1. The Morgan fingerprint density at radius 3 is 2.15 bits per heavy atom. The fourth-order valence-corrected chi connectivity index (χ4v) is 4.19. The molecule has 0 aliphatic carbocycles. The van der Waals surface area contributed by atoms with E-state index in [9.17, 15) is 4.79 Å². The van der Waals surface area contributed by atoms with E-state index in [0.717, 1.165) is 31.7 Å². The predicted molar refractivity (Wildman–Crippen MR) is 128 cm³/mol. The van der Waals surface area contributed by atoms with Crippen LogP contribution in [0.25, 0.3) is 17.1 Å². The monoisotopic (exact) mass is 494 g/mol. The van der Waals surface area contributed by atoms with Gasteiger partial charge in [0.15, 0.2) is 5.69 Å². The zero-order valence-corrected chi connectivity index (χ0v) is 20.0. The molecule has 1 aliphatic heterocycles. The second kappa shape index (κ2) is 10.8. The summed E-state index contributed by atoms with van der Waals surface area (Å²) in [7, 11) is 0.